The Bertz CT molecular complexity index is 639. The van der Waals surface area contributed by atoms with Crippen molar-refractivity contribution < 1.29 is 4.74 Å². The van der Waals surface area contributed by atoms with Crippen LogP contribution in [0.15, 0.2) is 33.6 Å². The Labute approximate surface area is 99.7 Å². The first-order valence-corrected chi connectivity index (χ1v) is 5.75. The van der Waals surface area contributed by atoms with Gasteiger partial charge in [-0.1, -0.05) is 6.08 Å². The molecule has 1 aromatic heterocycles. The average Bonchev–Trinajstić information content (AvgIpc) is 2.52. The monoisotopic (exact) mass is 280 g/mol. The highest BCUT2D eigenvalue weighted by Crippen LogP contribution is 2.33. The zero-order chi connectivity index (χ0) is 11.1. The fraction of sp³-hybridized carbons (Fsp3) is 0.182. The molecule has 0 saturated heterocycles. The molecule has 82 valence electrons. The number of hydrogen-bond acceptors (Lipinski definition) is 2. The molecule has 0 aliphatic carbocycles. The molecule has 1 N–H and O–H groups in total. The van der Waals surface area contributed by atoms with Gasteiger partial charge in [0.15, 0.2) is 5.75 Å². The van der Waals surface area contributed by atoms with Gasteiger partial charge in [0.1, 0.15) is 12.1 Å². The van der Waals surface area contributed by atoms with E-state index in [2.05, 4.69) is 20.9 Å². The van der Waals surface area contributed by atoms with Crippen LogP contribution in [0.1, 0.15) is 0 Å². The van der Waals surface area contributed by atoms with Crippen molar-refractivity contribution in [1.82, 2.24) is 9.55 Å². The van der Waals surface area contributed by atoms with Crippen LogP contribution in [0, 0.1) is 0 Å². The smallest absolute Gasteiger partial charge is 0.326 e. The summed E-state index contributed by atoms with van der Waals surface area (Å²) in [5, 5.41) is 0. The zero-order valence-corrected chi connectivity index (χ0v) is 9.95. The second-order valence-electron chi connectivity index (χ2n) is 3.60. The topological polar surface area (TPSA) is 47.0 Å². The van der Waals surface area contributed by atoms with Crippen LogP contribution in [0.5, 0.6) is 5.75 Å². The second kappa shape index (κ2) is 3.52. The van der Waals surface area contributed by atoms with E-state index in [0.717, 1.165) is 21.3 Å². The fourth-order valence-corrected chi connectivity index (χ4v) is 2.32. The van der Waals surface area contributed by atoms with Crippen molar-refractivity contribution in [3.8, 4) is 5.75 Å². The lowest BCUT2D eigenvalue weighted by molar-refractivity contribution is 0.360. The summed E-state index contributed by atoms with van der Waals surface area (Å²) in [6, 6.07) is 3.75. The van der Waals surface area contributed by atoms with Crippen LogP contribution in [-0.2, 0) is 6.54 Å². The van der Waals surface area contributed by atoms with Crippen molar-refractivity contribution in [2.24, 2.45) is 0 Å². The maximum atomic E-state index is 11.7. The molecule has 0 amide bonds. The van der Waals surface area contributed by atoms with E-state index in [1.807, 2.05) is 24.3 Å². The molecular formula is C11H9BrN2O2. The van der Waals surface area contributed by atoms with E-state index >= 15 is 0 Å². The van der Waals surface area contributed by atoms with Gasteiger partial charge in [-0.3, -0.25) is 4.57 Å². The summed E-state index contributed by atoms with van der Waals surface area (Å²) in [4.78, 5) is 14.5. The number of nitrogens with one attached hydrogen (secondary N) is 1. The van der Waals surface area contributed by atoms with Crippen molar-refractivity contribution in [2.75, 3.05) is 6.61 Å². The van der Waals surface area contributed by atoms with Gasteiger partial charge >= 0.3 is 5.69 Å². The van der Waals surface area contributed by atoms with Crippen molar-refractivity contribution >= 4 is 27.0 Å². The Morgan fingerprint density at radius 1 is 1.38 bits per heavy atom. The highest BCUT2D eigenvalue weighted by atomic mass is 79.9. The quantitative estimate of drug-likeness (QED) is 0.751. The SMILES string of the molecule is O=c1[nH]c2ccc(Br)c3c2n1C/C=C\CO3. The Kier molecular flexibility index (Phi) is 2.14. The van der Waals surface area contributed by atoms with Gasteiger partial charge in [0.25, 0.3) is 0 Å². The molecule has 3 rings (SSSR count). The van der Waals surface area contributed by atoms with Crippen LogP contribution < -0.4 is 10.4 Å². The number of halogens is 1. The van der Waals surface area contributed by atoms with Crippen LogP contribution in [0.4, 0.5) is 0 Å². The number of ether oxygens (including phenoxy) is 1. The lowest BCUT2D eigenvalue weighted by atomic mass is 10.3. The molecule has 4 nitrogen and oxygen atoms in total. The Morgan fingerprint density at radius 3 is 3.12 bits per heavy atom. The van der Waals surface area contributed by atoms with Crippen LogP contribution >= 0.6 is 15.9 Å². The number of benzene rings is 1. The summed E-state index contributed by atoms with van der Waals surface area (Å²) in [6.07, 6.45) is 3.84. The predicted octanol–water partition coefficient (Wildman–Crippen LogP) is 2.04. The highest BCUT2D eigenvalue weighted by Gasteiger charge is 2.15. The summed E-state index contributed by atoms with van der Waals surface area (Å²) >= 11 is 3.44. The summed E-state index contributed by atoms with van der Waals surface area (Å²) in [5.41, 5.74) is 1.52. The van der Waals surface area contributed by atoms with Crippen LogP contribution in [0.2, 0.25) is 0 Å². The average molecular weight is 281 g/mol. The Hall–Kier alpha value is -1.49. The molecule has 0 saturated carbocycles. The minimum Gasteiger partial charge on any atom is -0.486 e. The maximum absolute atomic E-state index is 11.7. The number of aromatic nitrogens is 2. The molecule has 0 atom stereocenters. The number of imidazole rings is 1. The third-order valence-electron chi connectivity index (χ3n) is 2.62. The van der Waals surface area contributed by atoms with E-state index in [1.165, 1.54) is 0 Å². The highest BCUT2D eigenvalue weighted by molar-refractivity contribution is 9.10. The molecule has 0 bridgehead atoms. The minimum absolute atomic E-state index is 0.107. The maximum Gasteiger partial charge on any atom is 0.326 e. The van der Waals surface area contributed by atoms with Gasteiger partial charge in [-0.25, -0.2) is 4.79 Å². The van der Waals surface area contributed by atoms with Crippen molar-refractivity contribution in [2.45, 2.75) is 6.54 Å². The van der Waals surface area contributed by atoms with Gasteiger partial charge in [0.2, 0.25) is 0 Å². The summed E-state index contributed by atoms with van der Waals surface area (Å²) in [5.74, 6) is 0.722. The van der Waals surface area contributed by atoms with Gasteiger partial charge in [-0.05, 0) is 34.1 Å². The Morgan fingerprint density at radius 2 is 2.25 bits per heavy atom. The molecule has 0 unspecified atom stereocenters. The summed E-state index contributed by atoms with van der Waals surface area (Å²) in [7, 11) is 0. The van der Waals surface area contributed by atoms with Gasteiger partial charge in [0.05, 0.1) is 9.99 Å². The number of H-pyrrole nitrogens is 1. The predicted molar refractivity (Wildman–Crippen MR) is 64.9 cm³/mol. The molecule has 2 heterocycles. The minimum atomic E-state index is -0.107. The van der Waals surface area contributed by atoms with E-state index in [1.54, 1.807) is 4.57 Å². The Balaban J connectivity index is 2.46. The van der Waals surface area contributed by atoms with Crippen LogP contribution in [0.3, 0.4) is 0 Å². The third kappa shape index (κ3) is 1.31. The van der Waals surface area contributed by atoms with Gasteiger partial charge in [-0.2, -0.15) is 0 Å². The molecule has 1 aromatic carbocycles. The molecular weight excluding hydrogens is 272 g/mol. The number of aromatic amines is 1. The van der Waals surface area contributed by atoms with Crippen molar-refractivity contribution in [1.29, 1.82) is 0 Å². The van der Waals surface area contributed by atoms with E-state index in [0.29, 0.717) is 13.2 Å². The number of hydrogen-bond donors (Lipinski definition) is 1. The van der Waals surface area contributed by atoms with Crippen LogP contribution in [0.25, 0.3) is 11.0 Å². The molecule has 0 spiro atoms. The summed E-state index contributed by atoms with van der Waals surface area (Å²) < 4.78 is 8.17. The summed E-state index contributed by atoms with van der Waals surface area (Å²) in [6.45, 7) is 1.10. The molecule has 2 aromatic rings. The molecule has 1 aliphatic heterocycles. The molecule has 5 heteroatoms. The van der Waals surface area contributed by atoms with Crippen molar-refractivity contribution in [3.05, 3.63) is 39.2 Å². The van der Waals surface area contributed by atoms with E-state index in [9.17, 15) is 4.79 Å². The van der Waals surface area contributed by atoms with Gasteiger partial charge in [0, 0.05) is 6.54 Å². The van der Waals surface area contributed by atoms with E-state index in [4.69, 9.17) is 4.74 Å². The standard InChI is InChI=1S/C11H9BrN2O2/c12-7-3-4-8-9-10(7)16-6-2-1-5-14(9)11(15)13-8/h1-4H,5-6H2,(H,13,15)/b2-1-. The number of nitrogens with zero attached hydrogens (tertiary/aromatic N) is 1. The number of rotatable bonds is 0. The first-order chi connectivity index (χ1) is 7.77. The fourth-order valence-electron chi connectivity index (χ4n) is 1.89. The van der Waals surface area contributed by atoms with E-state index in [-0.39, 0.29) is 5.69 Å². The van der Waals surface area contributed by atoms with Gasteiger partial charge < -0.3 is 9.72 Å². The molecule has 1 aliphatic rings. The first-order valence-electron chi connectivity index (χ1n) is 4.96. The first kappa shape index (κ1) is 9.72. The lowest BCUT2D eigenvalue weighted by Gasteiger charge is -2.11. The van der Waals surface area contributed by atoms with E-state index < -0.39 is 0 Å². The van der Waals surface area contributed by atoms with Crippen LogP contribution in [-0.4, -0.2) is 16.2 Å². The number of allylic oxidation sites excluding steroid dienone is 1. The normalized spacial score (nSPS) is 16.6. The second-order valence-corrected chi connectivity index (χ2v) is 4.45. The molecule has 16 heavy (non-hydrogen) atoms. The molecule has 0 fully saturated rings. The molecule has 0 radical (unpaired) electrons. The van der Waals surface area contributed by atoms with Gasteiger partial charge in [-0.15, -0.1) is 0 Å². The third-order valence-corrected chi connectivity index (χ3v) is 3.24. The largest absolute Gasteiger partial charge is 0.486 e. The zero-order valence-electron chi connectivity index (χ0n) is 8.37. The lowest BCUT2D eigenvalue weighted by Crippen LogP contribution is -2.17. The van der Waals surface area contributed by atoms with Crippen molar-refractivity contribution in [3.63, 3.8) is 0 Å².